The van der Waals surface area contributed by atoms with Crippen LogP contribution in [0.2, 0.25) is 0 Å². The van der Waals surface area contributed by atoms with Crippen molar-refractivity contribution < 1.29 is 4.79 Å². The average molecular weight is 256 g/mol. The average Bonchev–Trinajstić information content (AvgIpc) is 2.46. The van der Waals surface area contributed by atoms with Crippen molar-refractivity contribution in [2.24, 2.45) is 0 Å². The summed E-state index contributed by atoms with van der Waals surface area (Å²) in [6, 6.07) is 8.14. The highest BCUT2D eigenvalue weighted by atomic mass is 16.2. The Kier molecular flexibility index (Phi) is 4.53. The van der Waals surface area contributed by atoms with Crippen molar-refractivity contribution in [2.75, 3.05) is 19.6 Å². The van der Waals surface area contributed by atoms with E-state index in [-0.39, 0.29) is 11.8 Å². The van der Waals surface area contributed by atoms with Gasteiger partial charge >= 0.3 is 0 Å². The van der Waals surface area contributed by atoms with Crippen molar-refractivity contribution in [1.29, 1.82) is 0 Å². The monoisotopic (exact) mass is 256 g/mol. The number of carbonyl (C=O) groups excluding carboxylic acids is 1. The Hall–Kier alpha value is -1.87. The van der Waals surface area contributed by atoms with Crippen LogP contribution in [0.4, 0.5) is 0 Å². The van der Waals surface area contributed by atoms with Crippen LogP contribution in [0.25, 0.3) is 0 Å². The molecule has 1 N–H and O–H groups in total. The van der Waals surface area contributed by atoms with Crippen LogP contribution in [0.3, 0.4) is 0 Å². The predicted molar refractivity (Wildman–Crippen MR) is 77.9 cm³/mol. The smallest absolute Gasteiger partial charge is 0.231 e. The number of carbonyl (C=O) groups is 1. The lowest BCUT2D eigenvalue weighted by atomic mass is 9.90. The first-order valence-electron chi connectivity index (χ1n) is 6.57. The molecule has 2 rings (SSSR count). The maximum atomic E-state index is 12.6. The maximum Gasteiger partial charge on any atom is 0.231 e. The quantitative estimate of drug-likeness (QED) is 0.818. The molecular formula is C16H20N2O. The lowest BCUT2D eigenvalue weighted by Crippen LogP contribution is -2.41. The summed E-state index contributed by atoms with van der Waals surface area (Å²) in [5, 5.41) is 3.31. The van der Waals surface area contributed by atoms with Crippen molar-refractivity contribution in [3.63, 3.8) is 0 Å². The van der Waals surface area contributed by atoms with Gasteiger partial charge < -0.3 is 10.2 Å². The number of hydrogen-bond acceptors (Lipinski definition) is 2. The van der Waals surface area contributed by atoms with Crippen molar-refractivity contribution in [3.8, 4) is 0 Å². The Morgan fingerprint density at radius 1 is 1.32 bits per heavy atom. The highest BCUT2D eigenvalue weighted by Crippen LogP contribution is 2.25. The van der Waals surface area contributed by atoms with Crippen molar-refractivity contribution in [2.45, 2.75) is 12.5 Å². The normalized spacial score (nSPS) is 17.4. The molecule has 19 heavy (non-hydrogen) atoms. The fourth-order valence-corrected chi connectivity index (χ4v) is 2.50. The van der Waals surface area contributed by atoms with Gasteiger partial charge in [0.25, 0.3) is 0 Å². The summed E-state index contributed by atoms with van der Waals surface area (Å²) in [5.41, 5.74) is 2.36. The minimum absolute atomic E-state index is 0.107. The molecule has 1 atom stereocenters. The van der Waals surface area contributed by atoms with Gasteiger partial charge in [-0.25, -0.2) is 0 Å². The number of nitrogens with one attached hydrogen (secondary N) is 1. The number of rotatable bonds is 5. The minimum atomic E-state index is -0.107. The van der Waals surface area contributed by atoms with Gasteiger partial charge in [0.2, 0.25) is 5.91 Å². The third-order valence-electron chi connectivity index (χ3n) is 3.40. The van der Waals surface area contributed by atoms with Crippen LogP contribution < -0.4 is 5.32 Å². The summed E-state index contributed by atoms with van der Waals surface area (Å²) in [5.74, 6) is 0.0318. The highest BCUT2D eigenvalue weighted by molar-refractivity contribution is 5.85. The Morgan fingerprint density at radius 2 is 2.00 bits per heavy atom. The van der Waals surface area contributed by atoms with Crippen LogP contribution in [0.15, 0.2) is 49.6 Å². The van der Waals surface area contributed by atoms with Crippen LogP contribution in [-0.4, -0.2) is 30.4 Å². The number of benzene rings is 1. The SMILES string of the molecule is C=CCN(CC=C)C(=O)C1CNCc2ccccc21. The van der Waals surface area contributed by atoms with Crippen LogP contribution in [0.1, 0.15) is 17.0 Å². The van der Waals surface area contributed by atoms with E-state index in [4.69, 9.17) is 0 Å². The Labute approximate surface area is 114 Å². The predicted octanol–water partition coefficient (Wildman–Crippen LogP) is 2.07. The first-order valence-corrected chi connectivity index (χ1v) is 6.57. The Bertz CT molecular complexity index is 471. The molecule has 0 radical (unpaired) electrons. The van der Waals surface area contributed by atoms with E-state index in [9.17, 15) is 4.79 Å². The molecule has 100 valence electrons. The summed E-state index contributed by atoms with van der Waals surface area (Å²) in [7, 11) is 0. The minimum Gasteiger partial charge on any atom is -0.335 e. The van der Waals surface area contributed by atoms with Gasteiger partial charge in [-0.05, 0) is 11.1 Å². The number of hydrogen-bond donors (Lipinski definition) is 1. The number of fused-ring (bicyclic) bond motifs is 1. The van der Waals surface area contributed by atoms with E-state index in [0.29, 0.717) is 19.6 Å². The zero-order valence-corrected chi connectivity index (χ0v) is 11.1. The Balaban J connectivity index is 2.24. The van der Waals surface area contributed by atoms with Crippen molar-refractivity contribution in [3.05, 3.63) is 60.7 Å². The summed E-state index contributed by atoms with van der Waals surface area (Å²) >= 11 is 0. The van der Waals surface area contributed by atoms with Gasteiger partial charge in [-0.1, -0.05) is 36.4 Å². The standard InChI is InChI=1S/C16H20N2O/c1-3-9-18(10-4-2)16(19)15-12-17-11-13-7-5-6-8-14(13)15/h3-8,15,17H,1-2,9-12H2. The summed E-state index contributed by atoms with van der Waals surface area (Å²) < 4.78 is 0. The molecule has 0 spiro atoms. The molecule has 1 aliphatic heterocycles. The van der Waals surface area contributed by atoms with Crippen molar-refractivity contribution in [1.82, 2.24) is 10.2 Å². The molecular weight excluding hydrogens is 236 g/mol. The Morgan fingerprint density at radius 3 is 2.68 bits per heavy atom. The summed E-state index contributed by atoms with van der Waals surface area (Å²) in [6.07, 6.45) is 3.51. The topological polar surface area (TPSA) is 32.3 Å². The molecule has 0 aliphatic carbocycles. The lowest BCUT2D eigenvalue weighted by molar-refractivity contribution is -0.131. The largest absolute Gasteiger partial charge is 0.335 e. The number of nitrogens with zero attached hydrogens (tertiary/aromatic N) is 1. The zero-order chi connectivity index (χ0) is 13.7. The molecule has 1 amide bonds. The molecule has 1 heterocycles. The van der Waals surface area contributed by atoms with Crippen LogP contribution in [0.5, 0.6) is 0 Å². The van der Waals surface area contributed by atoms with Gasteiger partial charge in [-0.3, -0.25) is 4.79 Å². The van der Waals surface area contributed by atoms with E-state index in [1.54, 1.807) is 17.1 Å². The molecule has 0 fully saturated rings. The molecule has 1 aromatic carbocycles. The maximum absolute atomic E-state index is 12.6. The first-order chi connectivity index (χ1) is 9.27. The molecule has 3 heteroatoms. The van der Waals surface area contributed by atoms with Gasteiger partial charge in [0.15, 0.2) is 0 Å². The zero-order valence-electron chi connectivity index (χ0n) is 11.1. The third-order valence-corrected chi connectivity index (χ3v) is 3.40. The van der Waals surface area contributed by atoms with Crippen LogP contribution in [0, 0.1) is 0 Å². The summed E-state index contributed by atoms with van der Waals surface area (Å²) in [6.45, 7) is 10.1. The van der Waals surface area contributed by atoms with E-state index in [0.717, 1.165) is 12.1 Å². The molecule has 0 bridgehead atoms. The van der Waals surface area contributed by atoms with Crippen molar-refractivity contribution >= 4 is 5.91 Å². The second kappa shape index (κ2) is 6.34. The van der Waals surface area contributed by atoms with E-state index >= 15 is 0 Å². The molecule has 0 saturated heterocycles. The third kappa shape index (κ3) is 2.93. The molecule has 1 aromatic rings. The fourth-order valence-electron chi connectivity index (χ4n) is 2.50. The second-order valence-electron chi connectivity index (χ2n) is 4.70. The van der Waals surface area contributed by atoms with Crippen LogP contribution in [-0.2, 0) is 11.3 Å². The van der Waals surface area contributed by atoms with E-state index in [1.807, 2.05) is 12.1 Å². The lowest BCUT2D eigenvalue weighted by Gasteiger charge is -2.30. The fraction of sp³-hybridized carbons (Fsp3) is 0.312. The molecule has 1 aliphatic rings. The van der Waals surface area contributed by atoms with Gasteiger partial charge in [-0.15, -0.1) is 13.2 Å². The molecule has 1 unspecified atom stereocenters. The van der Waals surface area contributed by atoms with Gasteiger partial charge in [0.05, 0.1) is 5.92 Å². The van der Waals surface area contributed by atoms with E-state index in [1.165, 1.54) is 5.56 Å². The highest BCUT2D eigenvalue weighted by Gasteiger charge is 2.28. The van der Waals surface area contributed by atoms with E-state index in [2.05, 4.69) is 30.6 Å². The second-order valence-corrected chi connectivity index (χ2v) is 4.70. The summed E-state index contributed by atoms with van der Waals surface area (Å²) in [4.78, 5) is 14.4. The van der Waals surface area contributed by atoms with Gasteiger partial charge in [0, 0.05) is 26.2 Å². The van der Waals surface area contributed by atoms with Crippen LogP contribution >= 0.6 is 0 Å². The van der Waals surface area contributed by atoms with E-state index < -0.39 is 0 Å². The number of amides is 1. The molecule has 0 saturated carbocycles. The van der Waals surface area contributed by atoms with Gasteiger partial charge in [0.1, 0.15) is 0 Å². The molecule has 3 nitrogen and oxygen atoms in total. The first kappa shape index (κ1) is 13.6. The van der Waals surface area contributed by atoms with Gasteiger partial charge in [-0.2, -0.15) is 0 Å². The molecule has 0 aromatic heterocycles.